The third-order valence-corrected chi connectivity index (χ3v) is 4.09. The predicted octanol–water partition coefficient (Wildman–Crippen LogP) is 3.66. The molecule has 132 valence electrons. The van der Waals surface area contributed by atoms with Crippen molar-refractivity contribution in [2.24, 2.45) is 5.10 Å². The highest BCUT2D eigenvalue weighted by Crippen LogP contribution is 2.26. The molecule has 6 nitrogen and oxygen atoms in total. The van der Waals surface area contributed by atoms with Crippen LogP contribution in [0.4, 0.5) is 0 Å². The molecule has 0 radical (unpaired) electrons. The summed E-state index contributed by atoms with van der Waals surface area (Å²) in [6, 6.07) is 16.7. The number of amides is 1. The molecule has 0 aliphatic carbocycles. The van der Waals surface area contributed by atoms with Crippen molar-refractivity contribution in [2.45, 2.75) is 17.0 Å². The molecule has 2 aromatic heterocycles. The summed E-state index contributed by atoms with van der Waals surface area (Å²) >= 11 is 1.41. The molecule has 0 spiro atoms. The number of furan rings is 1. The number of carbonyl (C=O) groups excluding carboxylic acids is 1. The Kier molecular flexibility index (Phi) is 6.05. The molecule has 1 aromatic carbocycles. The molecule has 0 bridgehead atoms. The van der Waals surface area contributed by atoms with Crippen LogP contribution >= 0.6 is 11.8 Å². The Bertz CT molecular complexity index is 877. The summed E-state index contributed by atoms with van der Waals surface area (Å²) in [5.41, 5.74) is 3.53. The number of hydrogen-bond donors (Lipinski definition) is 1. The molecule has 0 saturated heterocycles. The van der Waals surface area contributed by atoms with Crippen LogP contribution in [0.5, 0.6) is 5.75 Å². The van der Waals surface area contributed by atoms with Crippen molar-refractivity contribution in [1.82, 2.24) is 10.4 Å². The van der Waals surface area contributed by atoms with E-state index in [-0.39, 0.29) is 12.5 Å². The third-order valence-electron chi connectivity index (χ3n) is 3.22. The van der Waals surface area contributed by atoms with Crippen molar-refractivity contribution < 1.29 is 13.9 Å². The van der Waals surface area contributed by atoms with E-state index < -0.39 is 0 Å². The highest BCUT2D eigenvalue weighted by Gasteiger charge is 2.04. The number of aromatic nitrogens is 1. The van der Waals surface area contributed by atoms with Crippen LogP contribution in [-0.2, 0) is 4.79 Å². The van der Waals surface area contributed by atoms with Gasteiger partial charge in [0.15, 0.2) is 11.7 Å². The Morgan fingerprint density at radius 2 is 2.08 bits per heavy atom. The minimum atomic E-state index is -0.350. The summed E-state index contributed by atoms with van der Waals surface area (Å²) < 4.78 is 11.0. The van der Waals surface area contributed by atoms with Crippen molar-refractivity contribution in [1.29, 1.82) is 0 Å². The van der Waals surface area contributed by atoms with Crippen LogP contribution in [0.25, 0.3) is 0 Å². The molecular weight excluding hydrogens is 350 g/mol. The second-order valence-corrected chi connectivity index (χ2v) is 6.35. The lowest BCUT2D eigenvalue weighted by Crippen LogP contribution is -2.24. The molecule has 7 heteroatoms. The Balaban J connectivity index is 1.44. The zero-order valence-corrected chi connectivity index (χ0v) is 14.9. The highest BCUT2D eigenvalue weighted by molar-refractivity contribution is 7.99. The molecule has 3 aromatic rings. The van der Waals surface area contributed by atoms with Gasteiger partial charge in [-0.15, -0.1) is 0 Å². The number of aryl methyl sites for hydroxylation is 1. The number of nitrogens with zero attached hydrogens (tertiary/aromatic N) is 2. The molecule has 0 atom stereocenters. The van der Waals surface area contributed by atoms with Crippen molar-refractivity contribution in [3.63, 3.8) is 0 Å². The predicted molar refractivity (Wildman–Crippen MR) is 99.5 cm³/mol. The first-order chi connectivity index (χ1) is 12.7. The van der Waals surface area contributed by atoms with E-state index in [0.29, 0.717) is 16.6 Å². The van der Waals surface area contributed by atoms with Crippen LogP contribution < -0.4 is 10.2 Å². The molecule has 26 heavy (non-hydrogen) atoms. The van der Waals surface area contributed by atoms with E-state index in [9.17, 15) is 4.79 Å². The second-order valence-electron chi connectivity index (χ2n) is 5.32. The fourth-order valence-corrected chi connectivity index (χ4v) is 2.69. The van der Waals surface area contributed by atoms with Crippen LogP contribution in [0.3, 0.4) is 0 Å². The molecule has 0 aliphatic rings. The summed E-state index contributed by atoms with van der Waals surface area (Å²) in [5.74, 6) is 0.816. The maximum absolute atomic E-state index is 11.7. The largest absolute Gasteiger partial charge is 0.484 e. The average molecular weight is 367 g/mol. The second kappa shape index (κ2) is 8.87. The number of nitrogens with one attached hydrogen (secondary N) is 1. The van der Waals surface area contributed by atoms with Gasteiger partial charge in [-0.1, -0.05) is 23.8 Å². The molecule has 1 N–H and O–H groups in total. The Labute approximate surface area is 155 Å². The Morgan fingerprint density at radius 1 is 1.23 bits per heavy atom. The van der Waals surface area contributed by atoms with Crippen LogP contribution in [0.1, 0.15) is 11.3 Å². The maximum Gasteiger partial charge on any atom is 0.277 e. The molecule has 1 amide bonds. The van der Waals surface area contributed by atoms with Crippen LogP contribution in [0.2, 0.25) is 0 Å². The van der Waals surface area contributed by atoms with E-state index in [1.54, 1.807) is 12.3 Å². The number of benzene rings is 1. The topological polar surface area (TPSA) is 76.7 Å². The monoisotopic (exact) mass is 367 g/mol. The van der Waals surface area contributed by atoms with Gasteiger partial charge in [-0.2, -0.15) is 5.10 Å². The minimum absolute atomic E-state index is 0.112. The summed E-state index contributed by atoms with van der Waals surface area (Å²) in [6.45, 7) is 1.87. The van der Waals surface area contributed by atoms with Gasteiger partial charge >= 0.3 is 0 Å². The summed E-state index contributed by atoms with van der Waals surface area (Å²) in [5, 5.41) is 5.40. The summed E-state index contributed by atoms with van der Waals surface area (Å²) in [7, 11) is 0. The fourth-order valence-electron chi connectivity index (χ4n) is 1.95. The number of carbonyl (C=O) groups is 1. The lowest BCUT2D eigenvalue weighted by Gasteiger charge is -2.04. The zero-order chi connectivity index (χ0) is 18.2. The van der Waals surface area contributed by atoms with Crippen molar-refractivity contribution >= 4 is 23.9 Å². The van der Waals surface area contributed by atoms with E-state index in [1.807, 2.05) is 55.5 Å². The van der Waals surface area contributed by atoms with Crippen molar-refractivity contribution in [3.05, 3.63) is 72.1 Å². The molecule has 0 unspecified atom stereocenters. The normalized spacial score (nSPS) is 10.8. The molecular formula is C19H17N3O3S. The number of ether oxygens (including phenoxy) is 1. The van der Waals surface area contributed by atoms with E-state index in [2.05, 4.69) is 15.5 Å². The Hall–Kier alpha value is -3.06. The van der Waals surface area contributed by atoms with Crippen LogP contribution in [0.15, 0.2) is 80.4 Å². The summed E-state index contributed by atoms with van der Waals surface area (Å²) in [4.78, 5) is 15.9. The Morgan fingerprint density at radius 3 is 2.85 bits per heavy atom. The highest BCUT2D eigenvalue weighted by atomic mass is 32.2. The average Bonchev–Trinajstić information content (AvgIpc) is 3.09. The van der Waals surface area contributed by atoms with Gasteiger partial charge in [0.25, 0.3) is 5.91 Å². The number of hydrogen-bond acceptors (Lipinski definition) is 6. The summed E-state index contributed by atoms with van der Waals surface area (Å²) in [6.07, 6.45) is 3.16. The maximum atomic E-state index is 11.7. The van der Waals surface area contributed by atoms with Gasteiger partial charge in [0.05, 0.1) is 6.21 Å². The first-order valence-electron chi connectivity index (χ1n) is 7.89. The molecule has 0 aliphatic heterocycles. The smallest absolute Gasteiger partial charge is 0.277 e. The van der Waals surface area contributed by atoms with Gasteiger partial charge in [-0.3, -0.25) is 4.79 Å². The van der Waals surface area contributed by atoms with E-state index in [4.69, 9.17) is 9.15 Å². The van der Waals surface area contributed by atoms with E-state index >= 15 is 0 Å². The third kappa shape index (κ3) is 5.49. The van der Waals surface area contributed by atoms with Gasteiger partial charge in [-0.25, -0.2) is 10.4 Å². The quantitative estimate of drug-likeness (QED) is 0.509. The van der Waals surface area contributed by atoms with Gasteiger partial charge in [0.2, 0.25) is 0 Å². The minimum Gasteiger partial charge on any atom is -0.484 e. The van der Waals surface area contributed by atoms with Crippen LogP contribution in [0, 0.1) is 6.92 Å². The van der Waals surface area contributed by atoms with Crippen molar-refractivity contribution in [3.8, 4) is 5.75 Å². The molecule has 2 heterocycles. The standard InChI is InChI=1S/C19H17N3O3S/c1-14-5-7-15(8-6-14)24-13-17(23)22-21-12-16-9-10-19(25-16)26-18-4-2-3-11-20-18/h2-12H,13H2,1H3,(H,22,23)/b21-12+. The molecule has 3 rings (SSSR count). The van der Waals surface area contributed by atoms with Crippen molar-refractivity contribution in [2.75, 3.05) is 6.61 Å². The number of hydrazone groups is 1. The SMILES string of the molecule is Cc1ccc(OCC(=O)N/N=C/c2ccc(Sc3ccccn3)o2)cc1. The number of pyridine rings is 1. The zero-order valence-electron chi connectivity index (χ0n) is 14.1. The first-order valence-corrected chi connectivity index (χ1v) is 8.71. The van der Waals surface area contributed by atoms with Gasteiger partial charge in [-0.05, 0) is 55.1 Å². The van der Waals surface area contributed by atoms with Gasteiger partial charge in [0, 0.05) is 6.20 Å². The van der Waals surface area contributed by atoms with Gasteiger partial charge < -0.3 is 9.15 Å². The van der Waals surface area contributed by atoms with E-state index in [0.717, 1.165) is 10.6 Å². The fraction of sp³-hybridized carbons (Fsp3) is 0.105. The van der Waals surface area contributed by atoms with Gasteiger partial charge in [0.1, 0.15) is 16.5 Å². The lowest BCUT2D eigenvalue weighted by molar-refractivity contribution is -0.123. The molecule has 0 saturated carbocycles. The van der Waals surface area contributed by atoms with Crippen LogP contribution in [-0.4, -0.2) is 23.7 Å². The first kappa shape index (κ1) is 17.8. The number of rotatable bonds is 7. The lowest BCUT2D eigenvalue weighted by atomic mass is 10.2. The van der Waals surface area contributed by atoms with E-state index in [1.165, 1.54) is 18.0 Å². The molecule has 0 fully saturated rings.